The van der Waals surface area contributed by atoms with E-state index < -0.39 is 11.7 Å². The topological polar surface area (TPSA) is 47.6 Å². The van der Waals surface area contributed by atoms with E-state index in [0.29, 0.717) is 11.4 Å². The summed E-state index contributed by atoms with van der Waals surface area (Å²) in [4.78, 5) is 11.8. The average Bonchev–Trinajstić information content (AvgIpc) is 3.17. The summed E-state index contributed by atoms with van der Waals surface area (Å²) >= 11 is 0. The molecule has 4 heteroatoms. The number of anilines is 1. The number of terminal acetylenes is 1. The number of hydrogen-bond donors (Lipinski definition) is 1. The second-order valence-electron chi connectivity index (χ2n) is 6.27. The molecule has 0 saturated heterocycles. The smallest absolute Gasteiger partial charge is 0.412 e. The molecule has 0 spiro atoms. The van der Waals surface area contributed by atoms with Crippen molar-refractivity contribution in [3.63, 3.8) is 0 Å². The van der Waals surface area contributed by atoms with Crippen LogP contribution in [0, 0.1) is 12.3 Å². The lowest BCUT2D eigenvalue weighted by Crippen LogP contribution is -2.27. The van der Waals surface area contributed by atoms with Gasteiger partial charge in [-0.25, -0.2) is 4.79 Å². The SMILES string of the molecule is C#CC1(c2ccc(NC(=O)OC(C)(C)C)cc2OC)CC1. The second-order valence-corrected chi connectivity index (χ2v) is 6.27. The van der Waals surface area contributed by atoms with Gasteiger partial charge in [0.1, 0.15) is 11.4 Å². The average molecular weight is 287 g/mol. The van der Waals surface area contributed by atoms with Crippen LogP contribution in [-0.2, 0) is 10.2 Å². The minimum Gasteiger partial charge on any atom is -0.496 e. The molecule has 2 rings (SSSR count). The number of methoxy groups -OCH3 is 1. The summed E-state index contributed by atoms with van der Waals surface area (Å²) in [6, 6.07) is 5.51. The first-order chi connectivity index (χ1) is 9.79. The van der Waals surface area contributed by atoms with Crippen molar-refractivity contribution in [2.24, 2.45) is 0 Å². The van der Waals surface area contributed by atoms with E-state index in [0.717, 1.165) is 18.4 Å². The largest absolute Gasteiger partial charge is 0.496 e. The molecule has 0 heterocycles. The molecule has 1 aromatic rings. The Morgan fingerprint density at radius 2 is 2.05 bits per heavy atom. The highest BCUT2D eigenvalue weighted by atomic mass is 16.6. The Kier molecular flexibility index (Phi) is 3.87. The molecule has 1 N–H and O–H groups in total. The van der Waals surface area contributed by atoms with Crippen LogP contribution in [0.25, 0.3) is 0 Å². The number of carbonyl (C=O) groups is 1. The maximum atomic E-state index is 11.8. The molecule has 0 atom stereocenters. The molecule has 1 saturated carbocycles. The summed E-state index contributed by atoms with van der Waals surface area (Å²) in [5, 5.41) is 2.70. The lowest BCUT2D eigenvalue weighted by molar-refractivity contribution is 0.0636. The maximum Gasteiger partial charge on any atom is 0.412 e. The maximum absolute atomic E-state index is 11.8. The number of nitrogens with one attached hydrogen (secondary N) is 1. The summed E-state index contributed by atoms with van der Waals surface area (Å²) in [6.07, 6.45) is 7.07. The molecule has 1 fully saturated rings. The monoisotopic (exact) mass is 287 g/mol. The van der Waals surface area contributed by atoms with Crippen molar-refractivity contribution >= 4 is 11.8 Å². The molecule has 0 aromatic heterocycles. The first-order valence-electron chi connectivity index (χ1n) is 6.96. The van der Waals surface area contributed by atoms with E-state index in [4.69, 9.17) is 15.9 Å². The van der Waals surface area contributed by atoms with Gasteiger partial charge < -0.3 is 9.47 Å². The normalized spacial score (nSPS) is 15.8. The zero-order valence-electron chi connectivity index (χ0n) is 12.9. The van der Waals surface area contributed by atoms with Gasteiger partial charge in [-0.2, -0.15) is 0 Å². The van der Waals surface area contributed by atoms with Gasteiger partial charge in [-0.1, -0.05) is 12.0 Å². The number of benzene rings is 1. The van der Waals surface area contributed by atoms with Crippen LogP contribution in [0.3, 0.4) is 0 Å². The van der Waals surface area contributed by atoms with Gasteiger partial charge in [0.05, 0.1) is 12.5 Å². The Morgan fingerprint density at radius 3 is 2.52 bits per heavy atom. The summed E-state index contributed by atoms with van der Waals surface area (Å²) in [6.45, 7) is 5.46. The Hall–Kier alpha value is -2.15. The molecule has 1 amide bonds. The van der Waals surface area contributed by atoms with Gasteiger partial charge in [0.25, 0.3) is 0 Å². The van der Waals surface area contributed by atoms with Crippen LogP contribution in [0.15, 0.2) is 18.2 Å². The Bertz CT molecular complexity index is 589. The van der Waals surface area contributed by atoms with Crippen molar-refractivity contribution in [1.82, 2.24) is 0 Å². The zero-order valence-corrected chi connectivity index (χ0v) is 12.9. The lowest BCUT2D eigenvalue weighted by atomic mass is 9.95. The van der Waals surface area contributed by atoms with Gasteiger partial charge in [0.15, 0.2) is 0 Å². The van der Waals surface area contributed by atoms with E-state index >= 15 is 0 Å². The summed E-state index contributed by atoms with van der Waals surface area (Å²) in [5.41, 5.74) is 0.894. The van der Waals surface area contributed by atoms with E-state index in [1.807, 2.05) is 32.9 Å². The molecular weight excluding hydrogens is 266 g/mol. The number of amides is 1. The van der Waals surface area contributed by atoms with Gasteiger partial charge >= 0.3 is 6.09 Å². The van der Waals surface area contributed by atoms with Crippen molar-refractivity contribution in [2.45, 2.75) is 44.6 Å². The summed E-state index contributed by atoms with van der Waals surface area (Å²) < 4.78 is 10.6. The molecule has 112 valence electrons. The van der Waals surface area contributed by atoms with Crippen molar-refractivity contribution < 1.29 is 14.3 Å². The van der Waals surface area contributed by atoms with Crippen molar-refractivity contribution in [1.29, 1.82) is 0 Å². The van der Waals surface area contributed by atoms with Crippen LogP contribution in [0.5, 0.6) is 5.75 Å². The van der Waals surface area contributed by atoms with Crippen molar-refractivity contribution in [3.05, 3.63) is 23.8 Å². The molecule has 0 bridgehead atoms. The fourth-order valence-electron chi connectivity index (χ4n) is 2.20. The molecule has 21 heavy (non-hydrogen) atoms. The number of hydrogen-bond acceptors (Lipinski definition) is 3. The van der Waals surface area contributed by atoms with Crippen LogP contribution in [0.4, 0.5) is 10.5 Å². The van der Waals surface area contributed by atoms with Crippen molar-refractivity contribution in [2.75, 3.05) is 12.4 Å². The standard InChI is InChI=1S/C17H21NO3/c1-6-17(9-10-17)13-8-7-12(11-14(13)20-5)18-15(19)21-16(2,3)4/h1,7-8,11H,9-10H2,2-5H3,(H,18,19). The molecule has 1 aliphatic rings. The first kappa shape index (κ1) is 15.2. The first-order valence-corrected chi connectivity index (χ1v) is 6.96. The molecule has 0 unspecified atom stereocenters. The highest BCUT2D eigenvalue weighted by molar-refractivity contribution is 5.85. The highest BCUT2D eigenvalue weighted by Gasteiger charge is 2.44. The van der Waals surface area contributed by atoms with Crippen molar-refractivity contribution in [3.8, 4) is 18.1 Å². The highest BCUT2D eigenvalue weighted by Crippen LogP contribution is 2.51. The lowest BCUT2D eigenvalue weighted by Gasteiger charge is -2.20. The predicted molar refractivity (Wildman–Crippen MR) is 82.6 cm³/mol. The minimum atomic E-state index is -0.532. The van der Waals surface area contributed by atoms with Gasteiger partial charge in [-0.15, -0.1) is 6.42 Å². The molecule has 0 aliphatic heterocycles. The number of ether oxygens (including phenoxy) is 2. The summed E-state index contributed by atoms with van der Waals surface area (Å²) in [5.74, 6) is 3.54. The number of rotatable bonds is 3. The fourth-order valence-corrected chi connectivity index (χ4v) is 2.20. The molecule has 0 radical (unpaired) electrons. The van der Waals surface area contributed by atoms with E-state index in [1.165, 1.54) is 0 Å². The third-order valence-electron chi connectivity index (χ3n) is 3.39. The predicted octanol–water partition coefficient (Wildman–Crippen LogP) is 3.71. The minimum absolute atomic E-state index is 0.199. The number of carbonyl (C=O) groups excluding carboxylic acids is 1. The van der Waals surface area contributed by atoms with Crippen LogP contribution < -0.4 is 10.1 Å². The second kappa shape index (κ2) is 5.33. The quantitative estimate of drug-likeness (QED) is 0.862. The fraction of sp³-hybridized carbons (Fsp3) is 0.471. The molecule has 1 aliphatic carbocycles. The summed E-state index contributed by atoms with van der Waals surface area (Å²) in [7, 11) is 1.60. The van der Waals surface area contributed by atoms with E-state index in [2.05, 4.69) is 11.2 Å². The molecule has 1 aromatic carbocycles. The van der Waals surface area contributed by atoms with Crippen LogP contribution >= 0.6 is 0 Å². The van der Waals surface area contributed by atoms with Gasteiger partial charge in [-0.05, 0) is 39.7 Å². The molecule has 4 nitrogen and oxygen atoms in total. The van der Waals surface area contributed by atoms with Crippen LogP contribution in [0.2, 0.25) is 0 Å². The zero-order chi connectivity index (χ0) is 15.7. The Labute approximate surface area is 125 Å². The Balaban J connectivity index is 2.17. The van der Waals surface area contributed by atoms with Gasteiger partial charge in [-0.3, -0.25) is 5.32 Å². The molecular formula is C17H21NO3. The third kappa shape index (κ3) is 3.49. The van der Waals surface area contributed by atoms with E-state index in [1.54, 1.807) is 13.2 Å². The van der Waals surface area contributed by atoms with Gasteiger partial charge in [0.2, 0.25) is 0 Å². The Morgan fingerprint density at radius 1 is 1.38 bits per heavy atom. The van der Waals surface area contributed by atoms with E-state index in [9.17, 15) is 4.79 Å². The van der Waals surface area contributed by atoms with Gasteiger partial charge in [0, 0.05) is 17.3 Å². The van der Waals surface area contributed by atoms with Crippen LogP contribution in [0.1, 0.15) is 39.2 Å². The van der Waals surface area contributed by atoms with E-state index in [-0.39, 0.29) is 5.41 Å². The third-order valence-corrected chi connectivity index (χ3v) is 3.39. The van der Waals surface area contributed by atoms with Crippen LogP contribution in [-0.4, -0.2) is 18.8 Å².